The van der Waals surface area contributed by atoms with Crippen molar-refractivity contribution in [1.29, 1.82) is 0 Å². The van der Waals surface area contributed by atoms with Gasteiger partial charge in [-0.15, -0.1) is 0 Å². The average Bonchev–Trinajstić information content (AvgIpc) is 2.46. The molecule has 1 heterocycles. The summed E-state index contributed by atoms with van der Waals surface area (Å²) in [5, 5.41) is 3.79. The van der Waals surface area contributed by atoms with Gasteiger partial charge in [0.15, 0.2) is 0 Å². The van der Waals surface area contributed by atoms with Gasteiger partial charge < -0.3 is 10.1 Å². The maximum Gasteiger partial charge on any atom is 0.109 e. The first-order valence-corrected chi connectivity index (χ1v) is 8.91. The van der Waals surface area contributed by atoms with Crippen LogP contribution in [-0.4, -0.2) is 19.2 Å². The molecule has 0 saturated heterocycles. The monoisotopic (exact) mass is 275 g/mol. The third-order valence-corrected chi connectivity index (χ3v) is 6.38. The molecule has 0 aromatic heterocycles. The lowest BCUT2D eigenvalue weighted by Gasteiger charge is -2.56. The molecule has 20 heavy (non-hydrogen) atoms. The molecule has 0 amide bonds. The Kier molecular flexibility index (Phi) is 3.54. The second-order valence-corrected chi connectivity index (χ2v) is 7.64. The molecule has 4 aliphatic carbocycles. The fourth-order valence-corrected chi connectivity index (χ4v) is 5.95. The number of allylic oxidation sites excluding steroid dienone is 1. The molecule has 5 rings (SSSR count). The second kappa shape index (κ2) is 5.36. The van der Waals surface area contributed by atoms with Crippen molar-refractivity contribution in [3.8, 4) is 0 Å². The molecule has 0 aromatic carbocycles. The predicted octanol–water partition coefficient (Wildman–Crippen LogP) is 3.73. The van der Waals surface area contributed by atoms with Gasteiger partial charge in [0.1, 0.15) is 5.76 Å². The quantitative estimate of drug-likeness (QED) is 0.844. The Morgan fingerprint density at radius 3 is 2.40 bits per heavy atom. The lowest BCUT2D eigenvalue weighted by molar-refractivity contribution is -0.0544. The normalized spacial score (nSPS) is 44.0. The third kappa shape index (κ3) is 2.20. The zero-order valence-corrected chi connectivity index (χ0v) is 12.8. The lowest BCUT2D eigenvalue weighted by Crippen LogP contribution is -2.54. The Morgan fingerprint density at radius 2 is 1.85 bits per heavy atom. The largest absolute Gasteiger partial charge is 0.497 e. The number of likely N-dealkylation sites (N-methyl/N-ethyl adjacent to an activating group) is 1. The molecule has 5 aliphatic rings. The van der Waals surface area contributed by atoms with Gasteiger partial charge in [0.25, 0.3) is 0 Å². The first-order valence-electron chi connectivity index (χ1n) is 8.91. The molecule has 1 atom stereocenters. The van der Waals surface area contributed by atoms with Crippen LogP contribution in [0.25, 0.3) is 0 Å². The fourth-order valence-electron chi connectivity index (χ4n) is 5.95. The molecule has 4 fully saturated rings. The Labute approximate surface area is 123 Å². The van der Waals surface area contributed by atoms with Crippen LogP contribution in [0.2, 0.25) is 0 Å². The molecule has 0 aromatic rings. The van der Waals surface area contributed by atoms with Crippen LogP contribution in [-0.2, 0) is 4.74 Å². The molecule has 0 radical (unpaired) electrons. The zero-order valence-electron chi connectivity index (χ0n) is 12.8. The van der Waals surface area contributed by atoms with Gasteiger partial charge in [-0.3, -0.25) is 0 Å². The summed E-state index contributed by atoms with van der Waals surface area (Å²) in [6.07, 6.45) is 12.4. The zero-order chi connectivity index (χ0) is 13.5. The highest BCUT2D eigenvalue weighted by Crippen LogP contribution is 2.58. The van der Waals surface area contributed by atoms with Crippen LogP contribution in [0.4, 0.5) is 0 Å². The van der Waals surface area contributed by atoms with E-state index in [1.807, 2.05) is 0 Å². The van der Waals surface area contributed by atoms with Crippen LogP contribution in [0.15, 0.2) is 11.8 Å². The van der Waals surface area contributed by atoms with Gasteiger partial charge in [0, 0.05) is 0 Å². The summed E-state index contributed by atoms with van der Waals surface area (Å²) in [6.45, 7) is 4.24. The third-order valence-electron chi connectivity index (χ3n) is 6.38. The summed E-state index contributed by atoms with van der Waals surface area (Å²) in [6, 6.07) is 0.510. The molecule has 4 saturated carbocycles. The summed E-state index contributed by atoms with van der Waals surface area (Å²) < 4.78 is 6.05. The van der Waals surface area contributed by atoms with Crippen molar-refractivity contribution in [2.45, 2.75) is 57.9 Å². The maximum atomic E-state index is 6.05. The number of hydrogen-bond donors (Lipinski definition) is 1. The van der Waals surface area contributed by atoms with E-state index in [1.54, 1.807) is 6.42 Å². The molecule has 1 N–H and O–H groups in total. The lowest BCUT2D eigenvalue weighted by atomic mass is 9.50. The van der Waals surface area contributed by atoms with Crippen molar-refractivity contribution in [3.63, 3.8) is 0 Å². The van der Waals surface area contributed by atoms with Crippen molar-refractivity contribution in [2.75, 3.05) is 13.2 Å². The predicted molar refractivity (Wildman–Crippen MR) is 81.3 cm³/mol. The van der Waals surface area contributed by atoms with Crippen molar-refractivity contribution in [1.82, 2.24) is 5.32 Å². The number of hydrogen-bond acceptors (Lipinski definition) is 2. The second-order valence-electron chi connectivity index (χ2n) is 7.64. The van der Waals surface area contributed by atoms with Gasteiger partial charge in [-0.25, -0.2) is 0 Å². The van der Waals surface area contributed by atoms with E-state index in [1.165, 1.54) is 44.3 Å². The summed E-state index contributed by atoms with van der Waals surface area (Å²) in [5.74, 6) is 6.22. The number of rotatable bonds is 4. The highest BCUT2D eigenvalue weighted by atomic mass is 16.5. The standard InChI is InChI=1S/C18H29NO/c1-2-19-18(16-5-3-4-6-20-16)17-14-8-12-7-13(10-14)11-15(17)9-12/h5,12-15,17-19H,2-4,6-11H2,1H3. The van der Waals surface area contributed by atoms with Crippen molar-refractivity contribution < 1.29 is 4.74 Å². The Hall–Kier alpha value is -0.500. The number of ether oxygens (including phenoxy) is 1. The minimum absolute atomic E-state index is 0.510. The van der Waals surface area contributed by atoms with E-state index in [4.69, 9.17) is 4.74 Å². The van der Waals surface area contributed by atoms with Gasteiger partial charge in [0.05, 0.1) is 12.6 Å². The average molecular weight is 275 g/mol. The molecule has 0 spiro atoms. The van der Waals surface area contributed by atoms with E-state index in [0.717, 1.165) is 42.7 Å². The van der Waals surface area contributed by atoms with Crippen LogP contribution >= 0.6 is 0 Å². The Balaban J connectivity index is 1.58. The minimum Gasteiger partial charge on any atom is -0.497 e. The van der Waals surface area contributed by atoms with Crippen molar-refractivity contribution >= 4 is 0 Å². The summed E-state index contributed by atoms with van der Waals surface area (Å²) >= 11 is 0. The van der Waals surface area contributed by atoms with E-state index in [0.29, 0.717) is 6.04 Å². The van der Waals surface area contributed by atoms with E-state index in [-0.39, 0.29) is 0 Å². The van der Waals surface area contributed by atoms with Gasteiger partial charge in [-0.1, -0.05) is 6.92 Å². The highest BCUT2D eigenvalue weighted by molar-refractivity contribution is 5.13. The highest BCUT2D eigenvalue weighted by Gasteiger charge is 2.51. The van der Waals surface area contributed by atoms with E-state index >= 15 is 0 Å². The van der Waals surface area contributed by atoms with E-state index in [2.05, 4.69) is 18.3 Å². The molecule has 1 unspecified atom stereocenters. The van der Waals surface area contributed by atoms with Crippen LogP contribution in [0.5, 0.6) is 0 Å². The molecule has 2 heteroatoms. The molecule has 2 nitrogen and oxygen atoms in total. The van der Waals surface area contributed by atoms with Gasteiger partial charge in [-0.05, 0) is 87.2 Å². The van der Waals surface area contributed by atoms with Crippen LogP contribution in [0.3, 0.4) is 0 Å². The fraction of sp³-hybridized carbons (Fsp3) is 0.889. The van der Waals surface area contributed by atoms with Crippen LogP contribution in [0.1, 0.15) is 51.9 Å². The Bertz CT molecular complexity index is 361. The first kappa shape index (κ1) is 13.2. The first-order chi connectivity index (χ1) is 9.85. The molecular formula is C18H29NO. The summed E-state index contributed by atoms with van der Waals surface area (Å²) in [7, 11) is 0. The van der Waals surface area contributed by atoms with Crippen LogP contribution in [0, 0.1) is 29.6 Å². The number of nitrogens with one attached hydrogen (secondary N) is 1. The smallest absolute Gasteiger partial charge is 0.109 e. The molecule has 112 valence electrons. The Morgan fingerprint density at radius 1 is 1.15 bits per heavy atom. The van der Waals surface area contributed by atoms with E-state index in [9.17, 15) is 0 Å². The van der Waals surface area contributed by atoms with Crippen LogP contribution < -0.4 is 5.32 Å². The van der Waals surface area contributed by atoms with Gasteiger partial charge >= 0.3 is 0 Å². The van der Waals surface area contributed by atoms with Gasteiger partial charge in [0.2, 0.25) is 0 Å². The van der Waals surface area contributed by atoms with Crippen molar-refractivity contribution in [2.24, 2.45) is 29.6 Å². The minimum atomic E-state index is 0.510. The summed E-state index contributed by atoms with van der Waals surface area (Å²) in [4.78, 5) is 0. The molecule has 4 bridgehead atoms. The van der Waals surface area contributed by atoms with Crippen molar-refractivity contribution in [3.05, 3.63) is 11.8 Å². The SMILES string of the molecule is CCNC(C1=CCCCO1)C1C2CC3CC(C2)CC1C3. The molecule has 1 aliphatic heterocycles. The topological polar surface area (TPSA) is 21.3 Å². The maximum absolute atomic E-state index is 6.05. The van der Waals surface area contributed by atoms with E-state index < -0.39 is 0 Å². The van der Waals surface area contributed by atoms with Gasteiger partial charge in [-0.2, -0.15) is 0 Å². The summed E-state index contributed by atoms with van der Waals surface area (Å²) in [5.41, 5.74) is 0. The molecular weight excluding hydrogens is 246 g/mol.